The Morgan fingerprint density at radius 2 is 1.81 bits per heavy atom. The second-order valence-electron chi connectivity index (χ2n) is 6.02. The minimum atomic E-state index is -4.78. The quantitative estimate of drug-likeness (QED) is 0.548. The molecule has 1 aromatic rings. The molecule has 21 heavy (non-hydrogen) atoms. The van der Waals surface area contributed by atoms with E-state index in [2.05, 4.69) is 13.8 Å². The molecule has 116 valence electrons. The predicted octanol–water partition coefficient (Wildman–Crippen LogP) is 5.10. The molecule has 1 fully saturated rings. The monoisotopic (exact) mass is 302 g/mol. The van der Waals surface area contributed by atoms with Crippen LogP contribution in [-0.2, 0) is 6.18 Å². The van der Waals surface area contributed by atoms with Gasteiger partial charge >= 0.3 is 6.18 Å². The first-order valence-corrected chi connectivity index (χ1v) is 7.11. The van der Waals surface area contributed by atoms with Crippen LogP contribution in [0.1, 0.15) is 49.0 Å². The van der Waals surface area contributed by atoms with Gasteiger partial charge in [0.1, 0.15) is 5.82 Å². The van der Waals surface area contributed by atoms with Crippen molar-refractivity contribution >= 4 is 5.78 Å². The molecule has 0 radical (unpaired) electrons. The number of alkyl halides is 3. The highest BCUT2D eigenvalue weighted by atomic mass is 19.4. The van der Waals surface area contributed by atoms with Crippen molar-refractivity contribution in [1.29, 1.82) is 0 Å². The number of carbonyl (C=O) groups is 1. The zero-order valence-electron chi connectivity index (χ0n) is 12.0. The summed E-state index contributed by atoms with van der Waals surface area (Å²) in [6.45, 7) is 4.17. The van der Waals surface area contributed by atoms with Gasteiger partial charge in [0, 0.05) is 11.5 Å². The first-order chi connectivity index (χ1) is 9.70. The average molecular weight is 302 g/mol. The van der Waals surface area contributed by atoms with E-state index in [0.717, 1.165) is 18.6 Å². The van der Waals surface area contributed by atoms with Crippen molar-refractivity contribution in [3.63, 3.8) is 0 Å². The Hall–Kier alpha value is -1.39. The molecule has 3 unspecified atom stereocenters. The van der Waals surface area contributed by atoms with E-state index in [9.17, 15) is 22.4 Å². The van der Waals surface area contributed by atoms with Crippen molar-refractivity contribution in [1.82, 2.24) is 0 Å². The van der Waals surface area contributed by atoms with Crippen LogP contribution < -0.4 is 0 Å². The second-order valence-corrected chi connectivity index (χ2v) is 6.02. The molecule has 3 atom stereocenters. The first kappa shape index (κ1) is 16.0. The van der Waals surface area contributed by atoms with Crippen LogP contribution in [0.25, 0.3) is 0 Å². The van der Waals surface area contributed by atoms with Crippen LogP contribution in [0.5, 0.6) is 0 Å². The molecule has 1 aliphatic rings. The summed E-state index contributed by atoms with van der Waals surface area (Å²) in [5, 5.41) is 0. The number of rotatable bonds is 2. The Morgan fingerprint density at radius 1 is 1.14 bits per heavy atom. The molecule has 1 saturated carbocycles. The van der Waals surface area contributed by atoms with Crippen molar-refractivity contribution in [2.75, 3.05) is 0 Å². The van der Waals surface area contributed by atoms with Crippen molar-refractivity contribution in [3.05, 3.63) is 35.1 Å². The Balaban J connectivity index is 2.24. The van der Waals surface area contributed by atoms with Crippen LogP contribution >= 0.6 is 0 Å². The summed E-state index contributed by atoms with van der Waals surface area (Å²) in [4.78, 5) is 12.4. The van der Waals surface area contributed by atoms with Crippen LogP contribution in [-0.4, -0.2) is 5.78 Å². The molecule has 0 amide bonds. The van der Waals surface area contributed by atoms with Gasteiger partial charge in [-0.05, 0) is 49.3 Å². The van der Waals surface area contributed by atoms with E-state index in [-0.39, 0.29) is 17.3 Å². The van der Waals surface area contributed by atoms with E-state index in [1.807, 2.05) is 0 Å². The number of hydrogen-bond acceptors (Lipinski definition) is 1. The van der Waals surface area contributed by atoms with E-state index < -0.39 is 17.6 Å². The average Bonchev–Trinajstić information content (AvgIpc) is 2.40. The number of hydrogen-bond donors (Lipinski definition) is 0. The zero-order valence-corrected chi connectivity index (χ0v) is 12.0. The van der Waals surface area contributed by atoms with Gasteiger partial charge in [0.25, 0.3) is 0 Å². The fourth-order valence-corrected chi connectivity index (χ4v) is 2.92. The topological polar surface area (TPSA) is 17.1 Å². The maximum Gasteiger partial charge on any atom is 0.419 e. The van der Waals surface area contributed by atoms with Gasteiger partial charge in [-0.1, -0.05) is 13.8 Å². The lowest BCUT2D eigenvalue weighted by Crippen LogP contribution is -2.26. The molecular formula is C16H18F4O. The number of benzene rings is 1. The van der Waals surface area contributed by atoms with Gasteiger partial charge in [0.15, 0.2) is 5.78 Å². The maximum atomic E-state index is 13.3. The minimum Gasteiger partial charge on any atom is -0.294 e. The minimum absolute atomic E-state index is 0.0459. The SMILES string of the molecule is CC1CCC(C(=O)c2ccc(F)c(C(F)(F)F)c2)CC1C. The Bertz CT molecular complexity index is 536. The summed E-state index contributed by atoms with van der Waals surface area (Å²) in [6, 6.07) is 2.51. The van der Waals surface area contributed by atoms with Crippen LogP contribution in [0, 0.1) is 23.6 Å². The third-order valence-electron chi connectivity index (χ3n) is 4.53. The summed E-state index contributed by atoms with van der Waals surface area (Å²) < 4.78 is 51.3. The van der Waals surface area contributed by atoms with Gasteiger partial charge < -0.3 is 0 Å². The van der Waals surface area contributed by atoms with Crippen molar-refractivity contribution in [2.24, 2.45) is 17.8 Å². The zero-order chi connectivity index (χ0) is 15.8. The predicted molar refractivity (Wildman–Crippen MR) is 71.4 cm³/mol. The molecule has 1 aliphatic carbocycles. The Labute approximate surface area is 121 Å². The molecular weight excluding hydrogens is 284 g/mol. The highest BCUT2D eigenvalue weighted by Gasteiger charge is 2.36. The molecule has 0 spiro atoms. The van der Waals surface area contributed by atoms with Crippen LogP contribution in [0.15, 0.2) is 18.2 Å². The molecule has 5 heteroatoms. The molecule has 1 nitrogen and oxygen atoms in total. The van der Waals surface area contributed by atoms with Crippen LogP contribution in [0.2, 0.25) is 0 Å². The van der Waals surface area contributed by atoms with Gasteiger partial charge in [0.2, 0.25) is 0 Å². The van der Waals surface area contributed by atoms with E-state index >= 15 is 0 Å². The Kier molecular flexibility index (Phi) is 4.40. The summed E-state index contributed by atoms with van der Waals surface area (Å²) >= 11 is 0. The van der Waals surface area contributed by atoms with Gasteiger partial charge in [-0.2, -0.15) is 13.2 Å². The molecule has 0 N–H and O–H groups in total. The second kappa shape index (κ2) is 5.78. The highest BCUT2D eigenvalue weighted by molar-refractivity contribution is 5.98. The van der Waals surface area contributed by atoms with E-state index in [0.29, 0.717) is 30.7 Å². The first-order valence-electron chi connectivity index (χ1n) is 7.11. The Morgan fingerprint density at radius 3 is 2.38 bits per heavy atom. The van der Waals surface area contributed by atoms with Gasteiger partial charge in [-0.3, -0.25) is 4.79 Å². The van der Waals surface area contributed by atoms with E-state index in [1.54, 1.807) is 0 Å². The van der Waals surface area contributed by atoms with Crippen molar-refractivity contribution in [3.8, 4) is 0 Å². The number of halogens is 4. The standard InChI is InChI=1S/C16H18F4O/c1-9-3-4-11(7-10(9)2)15(21)12-5-6-14(17)13(8-12)16(18,19)20/h5-6,8-11H,3-4,7H2,1-2H3. The smallest absolute Gasteiger partial charge is 0.294 e. The third kappa shape index (κ3) is 3.44. The molecule has 0 saturated heterocycles. The van der Waals surface area contributed by atoms with Gasteiger partial charge in [-0.25, -0.2) is 4.39 Å². The van der Waals surface area contributed by atoms with Gasteiger partial charge in [-0.15, -0.1) is 0 Å². The summed E-state index contributed by atoms with van der Waals surface area (Å²) in [7, 11) is 0. The molecule has 0 aliphatic heterocycles. The maximum absolute atomic E-state index is 13.3. The normalized spacial score (nSPS) is 26.7. The largest absolute Gasteiger partial charge is 0.419 e. The van der Waals surface area contributed by atoms with Crippen molar-refractivity contribution in [2.45, 2.75) is 39.3 Å². The fourth-order valence-electron chi connectivity index (χ4n) is 2.92. The molecule has 1 aromatic carbocycles. The highest BCUT2D eigenvalue weighted by Crippen LogP contribution is 2.36. The van der Waals surface area contributed by atoms with Gasteiger partial charge in [0.05, 0.1) is 5.56 Å². The number of carbonyl (C=O) groups excluding carboxylic acids is 1. The fraction of sp³-hybridized carbons (Fsp3) is 0.562. The summed E-state index contributed by atoms with van der Waals surface area (Å²) in [5.41, 5.74) is -1.42. The van der Waals surface area contributed by atoms with E-state index in [4.69, 9.17) is 0 Å². The summed E-state index contributed by atoms with van der Waals surface area (Å²) in [6.07, 6.45) is -2.53. The van der Waals surface area contributed by atoms with Crippen LogP contribution in [0.4, 0.5) is 17.6 Å². The lowest BCUT2D eigenvalue weighted by atomic mass is 9.73. The summed E-state index contributed by atoms with van der Waals surface area (Å²) in [5.74, 6) is -1.02. The molecule has 0 aromatic heterocycles. The molecule has 0 bridgehead atoms. The van der Waals surface area contributed by atoms with Crippen molar-refractivity contribution < 1.29 is 22.4 Å². The molecule has 0 heterocycles. The third-order valence-corrected chi connectivity index (χ3v) is 4.53. The number of Topliss-reactive ketones (excluding diaryl/α,β-unsaturated/α-hetero) is 1. The number of ketones is 1. The lowest BCUT2D eigenvalue weighted by molar-refractivity contribution is -0.140. The molecule has 2 rings (SSSR count). The van der Waals surface area contributed by atoms with E-state index in [1.165, 1.54) is 0 Å². The lowest BCUT2D eigenvalue weighted by Gasteiger charge is -2.31. The van der Waals surface area contributed by atoms with Crippen LogP contribution in [0.3, 0.4) is 0 Å².